The molecule has 0 aliphatic rings. The number of anilines is 2. The third-order valence-corrected chi connectivity index (χ3v) is 3.78. The van der Waals surface area contributed by atoms with Crippen LogP contribution >= 0.6 is 0 Å². The maximum atomic E-state index is 12.1. The van der Waals surface area contributed by atoms with Crippen LogP contribution in [0.3, 0.4) is 0 Å². The molecule has 0 bridgehead atoms. The van der Waals surface area contributed by atoms with Gasteiger partial charge >= 0.3 is 6.03 Å². The van der Waals surface area contributed by atoms with E-state index in [1.54, 1.807) is 24.3 Å². The van der Waals surface area contributed by atoms with E-state index in [9.17, 15) is 9.59 Å². The van der Waals surface area contributed by atoms with E-state index in [0.717, 1.165) is 12.1 Å². The Kier molecular flexibility index (Phi) is 6.57. The lowest BCUT2D eigenvalue weighted by atomic mass is 10.0. The Morgan fingerprint density at radius 3 is 1.88 bits per heavy atom. The van der Waals surface area contributed by atoms with Crippen LogP contribution < -0.4 is 16.0 Å². The zero-order valence-electron chi connectivity index (χ0n) is 14.9. The molecule has 0 aliphatic heterocycles. The molecule has 25 heavy (non-hydrogen) atoms. The van der Waals surface area contributed by atoms with E-state index in [1.807, 2.05) is 31.2 Å². The van der Waals surface area contributed by atoms with Crippen molar-refractivity contribution in [2.75, 3.05) is 17.2 Å². The summed E-state index contributed by atoms with van der Waals surface area (Å²) in [6.45, 7) is 6.90. The van der Waals surface area contributed by atoms with Crippen LogP contribution in [0.25, 0.3) is 0 Å². The average molecular weight is 339 g/mol. The minimum Gasteiger partial charge on any atom is -0.352 e. The molecule has 0 radical (unpaired) electrons. The highest BCUT2D eigenvalue weighted by Gasteiger charge is 2.07. The first-order valence-electron chi connectivity index (χ1n) is 8.56. The summed E-state index contributed by atoms with van der Waals surface area (Å²) in [5.41, 5.74) is 3.16. The summed E-state index contributed by atoms with van der Waals surface area (Å²) in [6, 6.07) is 14.3. The topological polar surface area (TPSA) is 70.2 Å². The van der Waals surface area contributed by atoms with Gasteiger partial charge in [0.2, 0.25) is 0 Å². The quantitative estimate of drug-likeness (QED) is 0.720. The minimum atomic E-state index is -0.319. The molecule has 2 aromatic rings. The molecule has 0 unspecified atom stereocenters. The molecule has 0 saturated heterocycles. The molecule has 0 spiro atoms. The smallest absolute Gasteiger partial charge is 0.323 e. The third kappa shape index (κ3) is 5.64. The molecule has 2 rings (SSSR count). The lowest BCUT2D eigenvalue weighted by Gasteiger charge is -2.10. The fraction of sp³-hybridized carbons (Fsp3) is 0.300. The van der Waals surface area contributed by atoms with E-state index in [2.05, 4.69) is 29.8 Å². The molecule has 0 atom stereocenters. The number of rotatable bonds is 6. The zero-order valence-corrected chi connectivity index (χ0v) is 14.9. The number of amides is 3. The van der Waals surface area contributed by atoms with Crippen molar-refractivity contribution in [1.82, 2.24) is 5.32 Å². The molecule has 0 aromatic heterocycles. The Balaban J connectivity index is 1.90. The fourth-order valence-corrected chi connectivity index (χ4v) is 2.29. The van der Waals surface area contributed by atoms with Gasteiger partial charge in [0.25, 0.3) is 5.91 Å². The Bertz CT molecular complexity index is 707. The van der Waals surface area contributed by atoms with Gasteiger partial charge in [0, 0.05) is 23.5 Å². The van der Waals surface area contributed by atoms with E-state index in [1.165, 1.54) is 5.56 Å². The number of nitrogens with one attached hydrogen (secondary N) is 3. The number of urea groups is 1. The molecule has 0 saturated carbocycles. The van der Waals surface area contributed by atoms with Gasteiger partial charge in [-0.1, -0.05) is 32.9 Å². The Labute approximate surface area is 148 Å². The van der Waals surface area contributed by atoms with Crippen LogP contribution in [0.4, 0.5) is 16.2 Å². The number of benzene rings is 2. The molecule has 5 nitrogen and oxygen atoms in total. The van der Waals surface area contributed by atoms with E-state index < -0.39 is 0 Å². The van der Waals surface area contributed by atoms with Crippen molar-refractivity contribution in [3.05, 3.63) is 59.7 Å². The molecule has 3 N–H and O–H groups in total. The van der Waals surface area contributed by atoms with E-state index in [0.29, 0.717) is 23.7 Å². The normalized spacial score (nSPS) is 10.4. The minimum absolute atomic E-state index is 0.108. The Morgan fingerprint density at radius 2 is 1.40 bits per heavy atom. The van der Waals surface area contributed by atoms with Crippen LogP contribution in [0.15, 0.2) is 48.5 Å². The van der Waals surface area contributed by atoms with Crippen LogP contribution in [-0.2, 0) is 0 Å². The highest BCUT2D eigenvalue weighted by Crippen LogP contribution is 2.17. The van der Waals surface area contributed by atoms with E-state index >= 15 is 0 Å². The largest absolute Gasteiger partial charge is 0.352 e. The first-order valence-corrected chi connectivity index (χ1v) is 8.56. The summed E-state index contributed by atoms with van der Waals surface area (Å²) in [7, 11) is 0. The van der Waals surface area contributed by atoms with Crippen LogP contribution in [0.1, 0.15) is 49.0 Å². The summed E-state index contributed by atoms with van der Waals surface area (Å²) in [5.74, 6) is 0.346. The standard InChI is InChI=1S/C20H25N3O2/c1-4-13-21-19(24)16-7-11-18(12-8-16)23-20(25)22-17-9-5-15(6-10-17)14(2)3/h5-12,14H,4,13H2,1-3H3,(H,21,24)(H2,22,23,25). The third-order valence-electron chi connectivity index (χ3n) is 3.78. The fourth-order valence-electron chi connectivity index (χ4n) is 2.29. The van der Waals surface area contributed by atoms with Gasteiger partial charge in [0.1, 0.15) is 0 Å². The average Bonchev–Trinajstić information content (AvgIpc) is 2.60. The maximum absolute atomic E-state index is 12.1. The van der Waals surface area contributed by atoms with Crippen molar-refractivity contribution in [1.29, 1.82) is 0 Å². The number of hydrogen-bond donors (Lipinski definition) is 3. The van der Waals surface area contributed by atoms with Crippen LogP contribution in [0.2, 0.25) is 0 Å². The van der Waals surface area contributed by atoms with Gasteiger partial charge in [-0.25, -0.2) is 4.79 Å². The van der Waals surface area contributed by atoms with Crippen molar-refractivity contribution in [2.24, 2.45) is 0 Å². The van der Waals surface area contributed by atoms with Gasteiger partial charge in [-0.15, -0.1) is 0 Å². The molecular weight excluding hydrogens is 314 g/mol. The first kappa shape index (κ1) is 18.5. The van der Waals surface area contributed by atoms with Crippen molar-refractivity contribution < 1.29 is 9.59 Å². The lowest BCUT2D eigenvalue weighted by molar-refractivity contribution is 0.0953. The lowest BCUT2D eigenvalue weighted by Crippen LogP contribution is -2.24. The highest BCUT2D eigenvalue weighted by atomic mass is 16.2. The van der Waals surface area contributed by atoms with Gasteiger partial charge < -0.3 is 16.0 Å². The van der Waals surface area contributed by atoms with Crippen molar-refractivity contribution in [3.63, 3.8) is 0 Å². The Hall–Kier alpha value is -2.82. The van der Waals surface area contributed by atoms with Crippen LogP contribution in [0, 0.1) is 0 Å². The predicted molar refractivity (Wildman–Crippen MR) is 102 cm³/mol. The Morgan fingerprint density at radius 1 is 0.880 bits per heavy atom. The molecule has 132 valence electrons. The van der Waals surface area contributed by atoms with Gasteiger partial charge in [0.15, 0.2) is 0 Å². The van der Waals surface area contributed by atoms with Crippen LogP contribution in [0.5, 0.6) is 0 Å². The molecule has 0 heterocycles. The first-order chi connectivity index (χ1) is 12.0. The van der Waals surface area contributed by atoms with E-state index in [-0.39, 0.29) is 11.9 Å². The monoisotopic (exact) mass is 339 g/mol. The predicted octanol–water partition coefficient (Wildman–Crippen LogP) is 4.59. The van der Waals surface area contributed by atoms with Crippen molar-refractivity contribution in [2.45, 2.75) is 33.1 Å². The molecular formula is C20H25N3O2. The summed E-state index contributed by atoms with van der Waals surface area (Å²) in [6.07, 6.45) is 0.893. The molecule has 2 aromatic carbocycles. The second-order valence-corrected chi connectivity index (χ2v) is 6.19. The molecule has 0 aliphatic carbocycles. The number of hydrogen-bond acceptors (Lipinski definition) is 2. The van der Waals surface area contributed by atoms with Gasteiger partial charge in [-0.3, -0.25) is 4.79 Å². The number of carbonyl (C=O) groups is 2. The molecule has 3 amide bonds. The highest BCUT2D eigenvalue weighted by molar-refractivity contribution is 6.00. The van der Waals surface area contributed by atoms with Gasteiger partial charge in [0.05, 0.1) is 0 Å². The van der Waals surface area contributed by atoms with E-state index in [4.69, 9.17) is 0 Å². The molecule has 0 fully saturated rings. The van der Waals surface area contributed by atoms with Crippen LogP contribution in [-0.4, -0.2) is 18.5 Å². The van der Waals surface area contributed by atoms with Crippen molar-refractivity contribution in [3.8, 4) is 0 Å². The summed E-state index contributed by atoms with van der Waals surface area (Å²) < 4.78 is 0. The second-order valence-electron chi connectivity index (χ2n) is 6.19. The number of carbonyl (C=O) groups excluding carboxylic acids is 2. The second kappa shape index (κ2) is 8.87. The SMILES string of the molecule is CCCNC(=O)c1ccc(NC(=O)Nc2ccc(C(C)C)cc2)cc1. The van der Waals surface area contributed by atoms with Crippen molar-refractivity contribution >= 4 is 23.3 Å². The summed E-state index contributed by atoms with van der Waals surface area (Å²) >= 11 is 0. The maximum Gasteiger partial charge on any atom is 0.323 e. The molecule has 5 heteroatoms. The zero-order chi connectivity index (χ0) is 18.2. The summed E-state index contributed by atoms with van der Waals surface area (Å²) in [5, 5.41) is 8.36. The van der Waals surface area contributed by atoms with Gasteiger partial charge in [-0.2, -0.15) is 0 Å². The van der Waals surface area contributed by atoms with Gasteiger partial charge in [-0.05, 0) is 54.3 Å². The summed E-state index contributed by atoms with van der Waals surface area (Å²) in [4.78, 5) is 23.9.